The second-order valence-corrected chi connectivity index (χ2v) is 4.84. The Bertz CT molecular complexity index is 856. The first-order valence-corrected chi connectivity index (χ1v) is 6.72. The van der Waals surface area contributed by atoms with Crippen LogP contribution in [-0.2, 0) is 0 Å². The van der Waals surface area contributed by atoms with Crippen LogP contribution in [0.4, 0.5) is 5.82 Å². The highest BCUT2D eigenvalue weighted by Gasteiger charge is 2.17. The van der Waals surface area contributed by atoms with Gasteiger partial charge in [0.15, 0.2) is 0 Å². The summed E-state index contributed by atoms with van der Waals surface area (Å²) in [6, 6.07) is 3.33. The minimum Gasteiger partial charge on any atom is -0.480 e. The minimum absolute atomic E-state index is 0.271. The normalized spacial score (nSPS) is 10.7. The lowest BCUT2D eigenvalue weighted by Crippen LogP contribution is -2.15. The number of methoxy groups -OCH3 is 1. The molecule has 2 N–H and O–H groups in total. The number of nitrogens with one attached hydrogen (secondary N) is 2. The number of aromatic amines is 1. The average Bonchev–Trinajstić information content (AvgIpc) is 2.83. The Balaban J connectivity index is 2.01. The summed E-state index contributed by atoms with van der Waals surface area (Å²) in [5.74, 6) is 0.401. The summed E-state index contributed by atoms with van der Waals surface area (Å²) < 4.78 is 5.11. The van der Waals surface area contributed by atoms with Crippen molar-refractivity contribution in [3.05, 3.63) is 41.5 Å². The predicted octanol–water partition coefficient (Wildman–Crippen LogP) is 2.23. The van der Waals surface area contributed by atoms with Crippen LogP contribution < -0.4 is 10.1 Å². The van der Waals surface area contributed by atoms with Crippen LogP contribution in [0.1, 0.15) is 21.6 Å². The topological polar surface area (TPSA) is 92.8 Å². The first kappa shape index (κ1) is 14.0. The molecule has 22 heavy (non-hydrogen) atoms. The molecule has 0 atom stereocenters. The van der Waals surface area contributed by atoms with Gasteiger partial charge in [-0.2, -0.15) is 0 Å². The van der Waals surface area contributed by atoms with E-state index in [1.807, 2.05) is 13.8 Å². The maximum Gasteiger partial charge on any atom is 0.262 e. The Labute approximate surface area is 126 Å². The predicted molar refractivity (Wildman–Crippen MR) is 82.1 cm³/mol. The molecule has 0 aliphatic carbocycles. The highest BCUT2D eigenvalue weighted by Crippen LogP contribution is 2.26. The van der Waals surface area contributed by atoms with Crippen molar-refractivity contribution in [3.8, 4) is 5.88 Å². The van der Waals surface area contributed by atoms with E-state index in [0.29, 0.717) is 17.0 Å². The average molecular weight is 297 g/mol. The van der Waals surface area contributed by atoms with Crippen LogP contribution in [0.2, 0.25) is 0 Å². The lowest BCUT2D eigenvalue weighted by Gasteiger charge is -2.08. The summed E-state index contributed by atoms with van der Waals surface area (Å²) >= 11 is 0. The number of fused-ring (bicyclic) bond motifs is 1. The summed E-state index contributed by atoms with van der Waals surface area (Å²) in [4.78, 5) is 28.0. The highest BCUT2D eigenvalue weighted by molar-refractivity contribution is 6.09. The molecule has 3 heterocycles. The van der Waals surface area contributed by atoms with Gasteiger partial charge in [-0.1, -0.05) is 0 Å². The number of pyridine rings is 1. The van der Waals surface area contributed by atoms with Gasteiger partial charge >= 0.3 is 0 Å². The van der Waals surface area contributed by atoms with Crippen molar-refractivity contribution in [1.29, 1.82) is 0 Å². The summed E-state index contributed by atoms with van der Waals surface area (Å²) in [5.41, 5.74) is 3.04. The number of rotatable bonds is 3. The number of H-pyrrole nitrogens is 1. The van der Waals surface area contributed by atoms with E-state index in [2.05, 4.69) is 25.3 Å². The maximum atomic E-state index is 12.5. The van der Waals surface area contributed by atoms with Gasteiger partial charge in [0.2, 0.25) is 5.88 Å². The Morgan fingerprint density at radius 2 is 2.09 bits per heavy atom. The van der Waals surface area contributed by atoms with Gasteiger partial charge in [0.05, 0.1) is 12.5 Å². The van der Waals surface area contributed by atoms with Crippen LogP contribution in [0, 0.1) is 13.8 Å². The smallest absolute Gasteiger partial charge is 0.262 e. The fourth-order valence-corrected chi connectivity index (χ4v) is 2.29. The van der Waals surface area contributed by atoms with Gasteiger partial charge in [-0.05, 0) is 31.5 Å². The zero-order valence-electron chi connectivity index (χ0n) is 12.5. The number of hydrogen-bond acceptors (Lipinski definition) is 5. The first-order valence-electron chi connectivity index (χ1n) is 6.72. The molecule has 0 aromatic carbocycles. The third-order valence-corrected chi connectivity index (χ3v) is 3.53. The Morgan fingerprint density at radius 3 is 2.86 bits per heavy atom. The molecular formula is C15H15N5O2. The van der Waals surface area contributed by atoms with E-state index in [1.165, 1.54) is 13.4 Å². The minimum atomic E-state index is -0.330. The Morgan fingerprint density at radius 1 is 1.27 bits per heavy atom. The molecule has 0 fully saturated rings. The number of ether oxygens (including phenoxy) is 1. The molecule has 7 heteroatoms. The van der Waals surface area contributed by atoms with Crippen molar-refractivity contribution in [2.24, 2.45) is 0 Å². The molecule has 3 rings (SSSR count). The van der Waals surface area contributed by atoms with Gasteiger partial charge < -0.3 is 15.0 Å². The summed E-state index contributed by atoms with van der Waals surface area (Å²) in [7, 11) is 1.47. The van der Waals surface area contributed by atoms with Crippen LogP contribution in [0.25, 0.3) is 11.0 Å². The molecule has 0 saturated heterocycles. The van der Waals surface area contributed by atoms with Gasteiger partial charge in [-0.3, -0.25) is 4.79 Å². The second-order valence-electron chi connectivity index (χ2n) is 4.84. The zero-order valence-corrected chi connectivity index (χ0v) is 12.5. The molecule has 3 aromatic rings. The standard InChI is InChI=1S/C15H15N5O2/c1-8-9(2)19-12-11(8)13(18-7-17-12)20-14(21)10-5-4-6-16-15(10)22-3/h4-7H,1-3H3,(H2,17,18,19,20,21). The molecular weight excluding hydrogens is 282 g/mol. The van der Waals surface area contributed by atoms with Crippen molar-refractivity contribution in [3.63, 3.8) is 0 Å². The number of amides is 1. The Kier molecular flexibility index (Phi) is 3.46. The van der Waals surface area contributed by atoms with E-state index in [-0.39, 0.29) is 11.8 Å². The van der Waals surface area contributed by atoms with E-state index in [0.717, 1.165) is 16.6 Å². The fourth-order valence-electron chi connectivity index (χ4n) is 2.29. The fraction of sp³-hybridized carbons (Fsp3) is 0.200. The molecule has 112 valence electrons. The number of hydrogen-bond donors (Lipinski definition) is 2. The summed E-state index contributed by atoms with van der Waals surface area (Å²) in [6.07, 6.45) is 2.98. The lowest BCUT2D eigenvalue weighted by molar-refractivity contribution is 0.102. The molecule has 3 aromatic heterocycles. The van der Waals surface area contributed by atoms with Crippen LogP contribution in [0.5, 0.6) is 5.88 Å². The molecule has 1 amide bonds. The number of anilines is 1. The number of carbonyl (C=O) groups excluding carboxylic acids is 1. The van der Waals surface area contributed by atoms with Gasteiger partial charge in [-0.15, -0.1) is 0 Å². The molecule has 0 aliphatic heterocycles. The number of aromatic nitrogens is 4. The van der Waals surface area contributed by atoms with E-state index in [4.69, 9.17) is 4.74 Å². The van der Waals surface area contributed by atoms with Gasteiger partial charge in [0.25, 0.3) is 5.91 Å². The van der Waals surface area contributed by atoms with Crippen molar-refractivity contribution >= 4 is 22.8 Å². The van der Waals surface area contributed by atoms with E-state index < -0.39 is 0 Å². The molecule has 0 bridgehead atoms. The molecule has 0 aliphatic rings. The largest absolute Gasteiger partial charge is 0.480 e. The van der Waals surface area contributed by atoms with Crippen molar-refractivity contribution < 1.29 is 9.53 Å². The van der Waals surface area contributed by atoms with Gasteiger partial charge in [0, 0.05) is 11.9 Å². The van der Waals surface area contributed by atoms with E-state index in [1.54, 1.807) is 18.3 Å². The molecule has 7 nitrogen and oxygen atoms in total. The molecule has 0 radical (unpaired) electrons. The third-order valence-electron chi connectivity index (χ3n) is 3.53. The zero-order chi connectivity index (χ0) is 15.7. The molecule has 0 saturated carbocycles. The first-order chi connectivity index (χ1) is 10.6. The van der Waals surface area contributed by atoms with Crippen LogP contribution in [-0.4, -0.2) is 33.0 Å². The monoisotopic (exact) mass is 297 g/mol. The molecule has 0 unspecified atom stereocenters. The SMILES string of the molecule is COc1ncccc1C(=O)Nc1ncnc2[nH]c(C)c(C)c12. The van der Waals surface area contributed by atoms with Crippen LogP contribution >= 0.6 is 0 Å². The van der Waals surface area contributed by atoms with Crippen molar-refractivity contribution in [1.82, 2.24) is 19.9 Å². The second kappa shape index (κ2) is 5.44. The highest BCUT2D eigenvalue weighted by atomic mass is 16.5. The number of nitrogens with zero attached hydrogens (tertiary/aromatic N) is 3. The van der Waals surface area contributed by atoms with Gasteiger partial charge in [0.1, 0.15) is 23.4 Å². The number of aryl methyl sites for hydroxylation is 2. The lowest BCUT2D eigenvalue weighted by atomic mass is 10.2. The third kappa shape index (κ3) is 2.26. The quantitative estimate of drug-likeness (QED) is 0.773. The molecule has 0 spiro atoms. The number of carbonyl (C=O) groups is 1. The van der Waals surface area contributed by atoms with Gasteiger partial charge in [-0.25, -0.2) is 15.0 Å². The van der Waals surface area contributed by atoms with Crippen LogP contribution in [0.15, 0.2) is 24.7 Å². The summed E-state index contributed by atoms with van der Waals surface area (Å²) in [6.45, 7) is 3.91. The van der Waals surface area contributed by atoms with Crippen molar-refractivity contribution in [2.45, 2.75) is 13.8 Å². The van der Waals surface area contributed by atoms with E-state index in [9.17, 15) is 4.79 Å². The van der Waals surface area contributed by atoms with Crippen LogP contribution in [0.3, 0.4) is 0 Å². The van der Waals surface area contributed by atoms with E-state index >= 15 is 0 Å². The summed E-state index contributed by atoms with van der Waals surface area (Å²) in [5, 5.41) is 3.60. The Hall–Kier alpha value is -2.96. The maximum absolute atomic E-state index is 12.5. The van der Waals surface area contributed by atoms with Crippen molar-refractivity contribution in [2.75, 3.05) is 12.4 Å².